The van der Waals surface area contributed by atoms with Gasteiger partial charge in [0, 0.05) is 0 Å². The molecule has 1 aromatic carbocycles. The first-order valence-electron chi connectivity index (χ1n) is 4.38. The number of alkyl halides is 4. The summed E-state index contributed by atoms with van der Waals surface area (Å²) in [5.74, 6) is -1.32. The van der Waals surface area contributed by atoms with Crippen LogP contribution < -0.4 is 9.47 Å². The van der Waals surface area contributed by atoms with Crippen molar-refractivity contribution in [1.29, 1.82) is 0 Å². The molecule has 0 spiro atoms. The van der Waals surface area contributed by atoms with Crippen LogP contribution in [-0.2, 0) is 6.61 Å². The van der Waals surface area contributed by atoms with Crippen LogP contribution in [-0.4, -0.2) is 18.3 Å². The van der Waals surface area contributed by atoms with Gasteiger partial charge in [-0.3, -0.25) is 0 Å². The Kier molecular flexibility index (Phi) is 5.30. The molecular formula is C9H6Cl2F4O3. The molecule has 0 amide bonds. The monoisotopic (exact) mass is 308 g/mol. The Bertz CT molecular complexity index is 395. The molecule has 0 unspecified atom stereocenters. The molecule has 0 atom stereocenters. The van der Waals surface area contributed by atoms with Gasteiger partial charge in [-0.25, -0.2) is 0 Å². The third-order valence-electron chi connectivity index (χ3n) is 1.81. The molecule has 0 aromatic heterocycles. The first kappa shape index (κ1) is 15.1. The Labute approximate surface area is 109 Å². The van der Waals surface area contributed by atoms with Crippen molar-refractivity contribution < 1.29 is 32.1 Å². The maximum absolute atomic E-state index is 12.1. The van der Waals surface area contributed by atoms with Crippen LogP contribution in [0.25, 0.3) is 0 Å². The Morgan fingerprint density at radius 1 is 1.00 bits per heavy atom. The van der Waals surface area contributed by atoms with Crippen LogP contribution in [0, 0.1) is 0 Å². The van der Waals surface area contributed by atoms with E-state index in [0.29, 0.717) is 0 Å². The number of halogens is 6. The number of aliphatic hydroxyl groups excluding tert-OH is 1. The second-order valence-electron chi connectivity index (χ2n) is 2.89. The lowest BCUT2D eigenvalue weighted by atomic mass is 10.2. The third kappa shape index (κ3) is 3.54. The van der Waals surface area contributed by atoms with Crippen LogP contribution in [0.2, 0.25) is 10.0 Å². The molecular weight excluding hydrogens is 303 g/mol. The molecule has 0 bridgehead atoms. The van der Waals surface area contributed by atoms with Crippen molar-refractivity contribution in [2.24, 2.45) is 0 Å². The molecule has 1 rings (SSSR count). The largest absolute Gasteiger partial charge is 0.433 e. The zero-order valence-electron chi connectivity index (χ0n) is 8.47. The van der Waals surface area contributed by atoms with Crippen molar-refractivity contribution in [2.45, 2.75) is 19.8 Å². The quantitative estimate of drug-likeness (QED) is 0.843. The molecule has 1 aromatic rings. The molecule has 18 heavy (non-hydrogen) atoms. The molecule has 0 saturated carbocycles. The van der Waals surface area contributed by atoms with Crippen LogP contribution in [0.3, 0.4) is 0 Å². The predicted octanol–water partition coefficient (Wildman–Crippen LogP) is 3.69. The summed E-state index contributed by atoms with van der Waals surface area (Å²) in [5.41, 5.74) is -0.479. The average Bonchev–Trinajstić information content (AvgIpc) is 2.24. The molecule has 0 fully saturated rings. The lowest BCUT2D eigenvalue weighted by Gasteiger charge is -2.16. The molecule has 102 valence electrons. The summed E-state index contributed by atoms with van der Waals surface area (Å²) in [6, 6.07) is 0.900. The molecule has 0 heterocycles. The average molecular weight is 309 g/mol. The fourth-order valence-electron chi connectivity index (χ4n) is 1.21. The van der Waals surface area contributed by atoms with E-state index in [1.165, 1.54) is 0 Å². The molecule has 0 aliphatic rings. The molecule has 0 aliphatic heterocycles. The van der Waals surface area contributed by atoms with Gasteiger partial charge in [0.2, 0.25) is 0 Å². The minimum absolute atomic E-state index is 0.356. The number of aliphatic hydroxyl groups is 1. The zero-order chi connectivity index (χ0) is 13.9. The summed E-state index contributed by atoms with van der Waals surface area (Å²) in [6.45, 7) is -7.40. The summed E-state index contributed by atoms with van der Waals surface area (Å²) in [7, 11) is 0. The van der Waals surface area contributed by atoms with Crippen molar-refractivity contribution in [3.63, 3.8) is 0 Å². The van der Waals surface area contributed by atoms with Gasteiger partial charge >= 0.3 is 13.2 Å². The van der Waals surface area contributed by atoms with E-state index in [1.807, 2.05) is 0 Å². The first-order valence-corrected chi connectivity index (χ1v) is 5.13. The summed E-state index contributed by atoms with van der Waals surface area (Å²) in [5, 5.41) is 8.30. The highest BCUT2D eigenvalue weighted by atomic mass is 35.5. The minimum Gasteiger partial charge on any atom is -0.433 e. The van der Waals surface area contributed by atoms with Crippen LogP contribution in [0.15, 0.2) is 6.07 Å². The maximum Gasteiger partial charge on any atom is 0.387 e. The van der Waals surface area contributed by atoms with Gasteiger partial charge in [-0.1, -0.05) is 23.2 Å². The van der Waals surface area contributed by atoms with Crippen LogP contribution in [0.1, 0.15) is 5.56 Å². The van der Waals surface area contributed by atoms with Crippen molar-refractivity contribution in [2.75, 3.05) is 0 Å². The second-order valence-corrected chi connectivity index (χ2v) is 3.71. The number of hydrogen-bond donors (Lipinski definition) is 1. The van der Waals surface area contributed by atoms with E-state index in [4.69, 9.17) is 28.3 Å². The number of rotatable bonds is 5. The second kappa shape index (κ2) is 6.31. The van der Waals surface area contributed by atoms with Crippen LogP contribution >= 0.6 is 23.2 Å². The smallest absolute Gasteiger partial charge is 0.387 e. The number of ether oxygens (including phenoxy) is 2. The van der Waals surface area contributed by atoms with Crippen molar-refractivity contribution >= 4 is 23.2 Å². The van der Waals surface area contributed by atoms with Gasteiger partial charge in [0.1, 0.15) is 0 Å². The highest BCUT2D eigenvalue weighted by Crippen LogP contribution is 2.42. The Morgan fingerprint density at radius 3 is 1.67 bits per heavy atom. The number of hydrogen-bond acceptors (Lipinski definition) is 3. The van der Waals surface area contributed by atoms with E-state index in [-0.39, 0.29) is 10.0 Å². The highest BCUT2D eigenvalue weighted by molar-refractivity contribution is 6.36. The van der Waals surface area contributed by atoms with Gasteiger partial charge in [-0.15, -0.1) is 0 Å². The van der Waals surface area contributed by atoms with Gasteiger partial charge in [0.25, 0.3) is 0 Å². The molecule has 1 N–H and O–H groups in total. The minimum atomic E-state index is -3.24. The predicted molar refractivity (Wildman–Crippen MR) is 55.6 cm³/mol. The van der Waals surface area contributed by atoms with Gasteiger partial charge < -0.3 is 14.6 Å². The van der Waals surface area contributed by atoms with E-state index < -0.39 is 36.9 Å². The van der Waals surface area contributed by atoms with Gasteiger partial charge in [-0.05, 0) is 6.07 Å². The molecule has 0 saturated heterocycles. The summed E-state index contributed by atoms with van der Waals surface area (Å²) in [6.07, 6.45) is 0. The normalized spacial score (nSPS) is 11.2. The van der Waals surface area contributed by atoms with Crippen molar-refractivity contribution in [3.8, 4) is 11.5 Å². The van der Waals surface area contributed by atoms with E-state index in [9.17, 15) is 17.6 Å². The van der Waals surface area contributed by atoms with E-state index in [0.717, 1.165) is 6.07 Å². The van der Waals surface area contributed by atoms with E-state index in [2.05, 4.69) is 9.47 Å². The van der Waals surface area contributed by atoms with E-state index >= 15 is 0 Å². The van der Waals surface area contributed by atoms with Gasteiger partial charge in [0.05, 0.1) is 22.2 Å². The van der Waals surface area contributed by atoms with Gasteiger partial charge in [0.15, 0.2) is 11.5 Å². The molecule has 0 aliphatic carbocycles. The summed E-state index contributed by atoms with van der Waals surface area (Å²) >= 11 is 11.1. The Hall–Kier alpha value is -0.920. The van der Waals surface area contributed by atoms with E-state index in [1.54, 1.807) is 0 Å². The fourth-order valence-corrected chi connectivity index (χ4v) is 1.80. The SMILES string of the molecule is OCc1c(OC(F)F)c(Cl)cc(Cl)c1OC(F)F. The van der Waals surface area contributed by atoms with Crippen LogP contribution in [0.5, 0.6) is 11.5 Å². The topological polar surface area (TPSA) is 38.7 Å². The third-order valence-corrected chi connectivity index (χ3v) is 2.37. The van der Waals surface area contributed by atoms with Crippen LogP contribution in [0.4, 0.5) is 17.6 Å². The maximum atomic E-state index is 12.1. The standard InChI is InChI=1S/C9H6Cl2F4O3/c10-4-1-5(11)7(18-9(14)15)3(2-16)6(4)17-8(12)13/h1,8-9,16H,2H2. The summed E-state index contributed by atoms with van der Waals surface area (Å²) < 4.78 is 56.6. The Balaban J connectivity index is 3.32. The molecule has 0 radical (unpaired) electrons. The number of benzene rings is 1. The summed E-state index contributed by atoms with van der Waals surface area (Å²) in [4.78, 5) is 0. The Morgan fingerprint density at radius 2 is 1.39 bits per heavy atom. The van der Waals surface area contributed by atoms with Crippen molar-refractivity contribution in [3.05, 3.63) is 21.7 Å². The lowest BCUT2D eigenvalue weighted by Crippen LogP contribution is -2.10. The zero-order valence-corrected chi connectivity index (χ0v) is 9.98. The van der Waals surface area contributed by atoms with Crippen molar-refractivity contribution in [1.82, 2.24) is 0 Å². The highest BCUT2D eigenvalue weighted by Gasteiger charge is 2.23. The van der Waals surface area contributed by atoms with Gasteiger partial charge in [-0.2, -0.15) is 17.6 Å². The fraction of sp³-hybridized carbons (Fsp3) is 0.333. The lowest BCUT2D eigenvalue weighted by molar-refractivity contribution is -0.0563. The molecule has 3 nitrogen and oxygen atoms in total. The molecule has 9 heteroatoms. The first-order chi connectivity index (χ1) is 8.36.